The molecule has 0 radical (unpaired) electrons. The van der Waals surface area contributed by atoms with Crippen LogP contribution in [0.2, 0.25) is 0 Å². The van der Waals surface area contributed by atoms with Crippen molar-refractivity contribution in [2.45, 2.75) is 173 Å². The topological polar surface area (TPSA) is 0 Å². The van der Waals surface area contributed by atoms with E-state index in [1.807, 2.05) is 9.77 Å². The Hall–Kier alpha value is -1.27. The van der Waals surface area contributed by atoms with Gasteiger partial charge in [0, 0.05) is 0 Å². The van der Waals surface area contributed by atoms with Crippen molar-refractivity contribution in [1.82, 2.24) is 0 Å². The smallest absolute Gasteiger partial charge is 1.00 e. The third-order valence-corrected chi connectivity index (χ3v) is 22.0. The third kappa shape index (κ3) is 7.94. The maximum atomic E-state index is 2.77. The van der Waals surface area contributed by atoms with Crippen LogP contribution in [0.25, 0.3) is 22.3 Å². The Kier molecular flexibility index (Phi) is 13.3. The Balaban J connectivity index is 0.00000325. The van der Waals surface area contributed by atoms with Crippen molar-refractivity contribution in [3.05, 3.63) is 88.0 Å². The predicted octanol–water partition coefficient (Wildman–Crippen LogP) is 9.10. The zero-order valence-corrected chi connectivity index (χ0v) is 41.0. The minimum absolute atomic E-state index is 0. The van der Waals surface area contributed by atoms with Gasteiger partial charge in [-0.3, -0.25) is 0 Å². The molecule has 4 aliphatic rings. The van der Waals surface area contributed by atoms with Gasteiger partial charge in [-0.2, -0.15) is 0 Å². The van der Waals surface area contributed by atoms with Crippen LogP contribution in [0.5, 0.6) is 0 Å². The summed E-state index contributed by atoms with van der Waals surface area (Å²) >= 11 is -2.59. The number of halogens is 2. The molecule has 0 saturated heterocycles. The monoisotopic (exact) mass is 844 g/mol. The van der Waals surface area contributed by atoms with Gasteiger partial charge in [-0.15, -0.1) is 0 Å². The first-order valence-electron chi connectivity index (χ1n) is 21.1. The second-order valence-electron chi connectivity index (χ2n) is 21.1. The quantitative estimate of drug-likeness (QED) is 0.202. The molecule has 0 nitrogen and oxygen atoms in total. The molecule has 1 atom stereocenters. The van der Waals surface area contributed by atoms with Gasteiger partial charge < -0.3 is 24.8 Å². The molecule has 2 aromatic carbocycles. The minimum atomic E-state index is -2.59. The predicted molar refractivity (Wildman–Crippen MR) is 228 cm³/mol. The van der Waals surface area contributed by atoms with Crippen LogP contribution in [0.3, 0.4) is 0 Å². The number of unbranched alkanes of at least 4 members (excludes halogenated alkanes) is 2. The summed E-state index contributed by atoms with van der Waals surface area (Å²) in [6.07, 6.45) is 18.2. The van der Waals surface area contributed by atoms with Gasteiger partial charge in [-0.05, 0) is 0 Å². The Labute approximate surface area is 352 Å². The molecule has 0 amide bonds. The van der Waals surface area contributed by atoms with Crippen LogP contribution in [0.1, 0.15) is 189 Å². The second-order valence-corrected chi connectivity index (χ2v) is 27.3. The normalized spacial score (nSPS) is 19.1. The summed E-state index contributed by atoms with van der Waals surface area (Å²) in [6.45, 7) is 39.4. The van der Waals surface area contributed by atoms with Crippen LogP contribution >= 0.6 is 0 Å². The summed E-state index contributed by atoms with van der Waals surface area (Å²) in [5, 5.41) is 0. The third-order valence-electron chi connectivity index (χ3n) is 13.0. The van der Waals surface area contributed by atoms with E-state index in [2.05, 4.69) is 153 Å². The fourth-order valence-electron chi connectivity index (χ4n) is 10.1. The molecule has 0 fully saturated rings. The molecule has 1 unspecified atom stereocenters. The van der Waals surface area contributed by atoms with Crippen molar-refractivity contribution < 1.29 is 46.1 Å². The van der Waals surface area contributed by atoms with Crippen molar-refractivity contribution in [3.63, 3.8) is 0 Å². The first-order valence-corrected chi connectivity index (χ1v) is 24.8. The Morgan fingerprint density at radius 3 is 1.70 bits per heavy atom. The number of rotatable bonds is 9. The van der Waals surface area contributed by atoms with E-state index in [4.69, 9.17) is 0 Å². The van der Waals surface area contributed by atoms with E-state index in [-0.39, 0.29) is 51.9 Å². The van der Waals surface area contributed by atoms with Crippen LogP contribution in [0.15, 0.2) is 54.6 Å². The maximum absolute atomic E-state index is 2.77. The Bertz CT molecular complexity index is 1940. The van der Waals surface area contributed by atoms with Gasteiger partial charge >= 0.3 is 330 Å². The molecule has 0 aliphatic heterocycles. The Morgan fingerprint density at radius 2 is 1.22 bits per heavy atom. The van der Waals surface area contributed by atoms with Crippen LogP contribution in [0.4, 0.5) is 0 Å². The average molecular weight is 847 g/mol. The van der Waals surface area contributed by atoms with Crippen molar-refractivity contribution in [2.75, 3.05) is 0 Å². The van der Waals surface area contributed by atoms with E-state index < -0.39 is 21.3 Å². The number of benzene rings is 2. The summed E-state index contributed by atoms with van der Waals surface area (Å²) < 4.78 is 5.78. The molecular weight excluding hydrogens is 775 g/mol. The van der Waals surface area contributed by atoms with E-state index >= 15 is 0 Å². The molecular formula is C51H72Cl2Zr. The number of hydrogen-bond acceptors (Lipinski definition) is 0. The molecule has 0 heterocycles. The van der Waals surface area contributed by atoms with Crippen molar-refractivity contribution in [3.8, 4) is 11.1 Å². The summed E-state index contributed by atoms with van der Waals surface area (Å²) in [5.41, 5.74) is 17.5. The van der Waals surface area contributed by atoms with E-state index in [0.717, 1.165) is 6.42 Å². The number of hydrogen-bond donors (Lipinski definition) is 0. The molecule has 2 aromatic rings. The molecule has 0 N–H and O–H groups in total. The molecule has 294 valence electrons. The van der Waals surface area contributed by atoms with Gasteiger partial charge in [-0.25, -0.2) is 0 Å². The molecule has 54 heavy (non-hydrogen) atoms. The van der Waals surface area contributed by atoms with Crippen LogP contribution in [0, 0.1) is 22.2 Å². The molecule has 4 aliphatic carbocycles. The Morgan fingerprint density at radius 1 is 0.685 bits per heavy atom. The van der Waals surface area contributed by atoms with E-state index in [1.54, 1.807) is 27.8 Å². The molecule has 0 aromatic heterocycles. The van der Waals surface area contributed by atoms with Crippen LogP contribution < -0.4 is 24.8 Å². The maximum Gasteiger partial charge on any atom is -1.00 e. The summed E-state index contributed by atoms with van der Waals surface area (Å²) in [6, 6.07) is 10.6. The zero-order chi connectivity index (χ0) is 38.3. The fraction of sp³-hybridized carbons (Fsp3) is 0.588. The summed E-state index contributed by atoms with van der Waals surface area (Å²) in [4.78, 5) is 0. The fourth-order valence-corrected chi connectivity index (χ4v) is 20.8. The number of fused-ring (bicyclic) bond motifs is 5. The van der Waals surface area contributed by atoms with Crippen molar-refractivity contribution in [2.24, 2.45) is 22.2 Å². The number of allylic oxidation sites excluding steroid dienone is 8. The molecule has 6 rings (SSSR count). The van der Waals surface area contributed by atoms with E-state index in [0.29, 0.717) is 5.92 Å². The standard InChI is InChI=1S/C31H37.C11H17.C9H18.2ClH.Zr/c1-28(2,3)26-16-30(7,8)24-12-18-11-19-13-25-23(15-21(19)20(18)14-22(24)26)27(29(4,5)6)17-31(25,9)10;1-5-9-6-7-10(8-9)11(2,3)4;1-3-5-7-9-8-6-4-2;;;/h12-16H,11H2,1-10H3;7-9H,5H2,1-4H3;3-8H2,1-2H3;2*1H;/q;;;;;+2/p-2. The van der Waals surface area contributed by atoms with Gasteiger partial charge in [0.15, 0.2) is 0 Å². The zero-order valence-electron chi connectivity index (χ0n) is 37.0. The minimum Gasteiger partial charge on any atom is -1.00 e. The van der Waals surface area contributed by atoms with Crippen LogP contribution in [-0.4, -0.2) is 3.21 Å². The summed E-state index contributed by atoms with van der Waals surface area (Å²) in [5.74, 6) is 0.586. The second kappa shape index (κ2) is 15.8. The largest absolute Gasteiger partial charge is 1.00 e. The van der Waals surface area contributed by atoms with Gasteiger partial charge in [0.1, 0.15) is 0 Å². The van der Waals surface area contributed by atoms with Gasteiger partial charge in [0.05, 0.1) is 0 Å². The van der Waals surface area contributed by atoms with Crippen molar-refractivity contribution in [1.29, 1.82) is 0 Å². The first kappa shape index (κ1) is 45.4. The van der Waals surface area contributed by atoms with E-state index in [9.17, 15) is 0 Å². The molecule has 0 bridgehead atoms. The average Bonchev–Trinajstić information content (AvgIpc) is 3.75. The molecule has 0 spiro atoms. The van der Waals surface area contributed by atoms with Gasteiger partial charge in [0.2, 0.25) is 0 Å². The van der Waals surface area contributed by atoms with E-state index in [1.165, 1.54) is 78.3 Å². The molecule has 3 heteroatoms. The SMILES string of the molecule is CCCC[C](CCCC)=[Zr+2]([C]1=CC(C(C)(C)C)=CC1CC)[C]1=C(C(C)(C)C)c2cc3c(cc2C1(C)C)Cc1cc2c(cc1-3)C(C(C)(C)C)=CC2(C)C.[Cl-].[Cl-]. The van der Waals surface area contributed by atoms with Crippen LogP contribution in [-0.2, 0) is 38.5 Å². The molecule has 0 saturated carbocycles. The summed E-state index contributed by atoms with van der Waals surface area (Å²) in [7, 11) is 0. The van der Waals surface area contributed by atoms with Crippen molar-refractivity contribution >= 4 is 14.4 Å². The van der Waals surface area contributed by atoms with Gasteiger partial charge in [-0.1, -0.05) is 0 Å². The first-order chi connectivity index (χ1) is 24.1. The van der Waals surface area contributed by atoms with Gasteiger partial charge in [0.25, 0.3) is 0 Å².